The van der Waals surface area contributed by atoms with Crippen LogP contribution in [0.25, 0.3) is 6.08 Å². The summed E-state index contributed by atoms with van der Waals surface area (Å²) in [6.45, 7) is 4.25. The average Bonchev–Trinajstić information content (AvgIpc) is 2.87. The van der Waals surface area contributed by atoms with Gasteiger partial charge in [-0.2, -0.15) is 0 Å². The molecule has 0 saturated heterocycles. The fourth-order valence-corrected chi connectivity index (χ4v) is 4.58. The van der Waals surface area contributed by atoms with Crippen LogP contribution >= 0.6 is 0 Å². The van der Waals surface area contributed by atoms with Gasteiger partial charge in [-0.25, -0.2) is 4.39 Å². The molecule has 1 unspecified atom stereocenters. The van der Waals surface area contributed by atoms with Gasteiger partial charge in [0.2, 0.25) is 5.91 Å². The first-order chi connectivity index (χ1) is 16.8. The number of nitrogens with one attached hydrogen (secondary N) is 2. The number of fused-ring (bicyclic) bond motifs is 1. The Kier molecular flexibility index (Phi) is 6.87. The summed E-state index contributed by atoms with van der Waals surface area (Å²) in [5.74, 6) is -0.218. The SMILES string of the molecule is COc1ccc2c(c1)CCN(c1ccc(F)cc1)C2(C)c1ccc(C=CC(=O)NNC(C)=O)cc1. The third-order valence-electron chi connectivity index (χ3n) is 6.38. The lowest BCUT2D eigenvalue weighted by Crippen LogP contribution is -2.49. The van der Waals surface area contributed by atoms with Gasteiger partial charge in [-0.05, 0) is 78.1 Å². The van der Waals surface area contributed by atoms with Gasteiger partial charge >= 0.3 is 0 Å². The number of amides is 2. The molecule has 0 aliphatic carbocycles. The maximum absolute atomic E-state index is 13.7. The standard InChI is InChI=1S/C28H28FN3O3/c1-19(33)30-31-27(34)15-6-20-4-7-22(8-5-20)28(2)26-14-13-25(35-3)18-21(26)16-17-32(28)24-11-9-23(29)10-12-24/h4-15,18H,16-17H2,1-3H3,(H,30,33)(H,31,34). The lowest BCUT2D eigenvalue weighted by atomic mass is 9.76. The van der Waals surface area contributed by atoms with E-state index >= 15 is 0 Å². The highest BCUT2D eigenvalue weighted by molar-refractivity contribution is 5.92. The van der Waals surface area contributed by atoms with Gasteiger partial charge in [0.05, 0.1) is 12.6 Å². The van der Waals surface area contributed by atoms with Crippen LogP contribution < -0.4 is 20.5 Å². The van der Waals surface area contributed by atoms with Crippen LogP contribution in [0, 0.1) is 5.82 Å². The first kappa shape index (κ1) is 24.0. The lowest BCUT2D eigenvalue weighted by molar-refractivity contribution is -0.125. The van der Waals surface area contributed by atoms with E-state index < -0.39 is 11.4 Å². The van der Waals surface area contributed by atoms with Crippen molar-refractivity contribution in [3.63, 3.8) is 0 Å². The van der Waals surface area contributed by atoms with Crippen LogP contribution in [0.2, 0.25) is 0 Å². The fourth-order valence-electron chi connectivity index (χ4n) is 4.58. The average molecular weight is 474 g/mol. The Bertz CT molecular complexity index is 1260. The second kappa shape index (κ2) is 10.0. The number of hydrogen-bond donors (Lipinski definition) is 2. The van der Waals surface area contributed by atoms with Gasteiger partial charge in [0.1, 0.15) is 11.6 Å². The predicted molar refractivity (Wildman–Crippen MR) is 134 cm³/mol. The number of benzene rings is 3. The number of carbonyl (C=O) groups excluding carboxylic acids is 2. The highest BCUT2D eigenvalue weighted by Gasteiger charge is 2.40. The summed E-state index contributed by atoms with van der Waals surface area (Å²) in [6.07, 6.45) is 3.88. The molecule has 1 heterocycles. The van der Waals surface area contributed by atoms with Gasteiger partial charge in [-0.3, -0.25) is 20.4 Å². The molecule has 2 N–H and O–H groups in total. The highest BCUT2D eigenvalue weighted by Crippen LogP contribution is 2.44. The van der Waals surface area contributed by atoms with E-state index in [1.54, 1.807) is 13.2 Å². The van der Waals surface area contributed by atoms with E-state index in [1.165, 1.54) is 30.7 Å². The van der Waals surface area contributed by atoms with Gasteiger partial charge in [0, 0.05) is 25.2 Å². The molecular formula is C28H28FN3O3. The second-order valence-corrected chi connectivity index (χ2v) is 8.60. The number of ether oxygens (including phenoxy) is 1. The van der Waals surface area contributed by atoms with Crippen molar-refractivity contribution in [3.05, 3.63) is 101 Å². The van der Waals surface area contributed by atoms with Crippen LogP contribution in [-0.4, -0.2) is 25.5 Å². The van der Waals surface area contributed by atoms with E-state index in [9.17, 15) is 14.0 Å². The fraction of sp³-hybridized carbons (Fsp3) is 0.214. The normalized spacial score (nSPS) is 17.1. The van der Waals surface area contributed by atoms with Crippen LogP contribution in [0.3, 0.4) is 0 Å². The van der Waals surface area contributed by atoms with Crippen molar-refractivity contribution in [2.75, 3.05) is 18.6 Å². The molecule has 0 fully saturated rings. The lowest BCUT2D eigenvalue weighted by Gasteiger charge is -2.48. The van der Waals surface area contributed by atoms with Gasteiger partial charge in [0.15, 0.2) is 0 Å². The highest BCUT2D eigenvalue weighted by atomic mass is 19.1. The van der Waals surface area contributed by atoms with Crippen molar-refractivity contribution in [3.8, 4) is 5.75 Å². The summed E-state index contributed by atoms with van der Waals surface area (Å²) >= 11 is 0. The molecular weight excluding hydrogens is 445 g/mol. The molecule has 1 aliphatic heterocycles. The topological polar surface area (TPSA) is 70.7 Å². The van der Waals surface area contributed by atoms with Crippen LogP contribution in [0.5, 0.6) is 5.75 Å². The molecule has 6 nitrogen and oxygen atoms in total. The molecule has 3 aromatic carbocycles. The summed E-state index contributed by atoms with van der Waals surface area (Å²) in [4.78, 5) is 25.1. The third kappa shape index (κ3) is 5.04. The predicted octanol–water partition coefficient (Wildman–Crippen LogP) is 4.34. The molecule has 180 valence electrons. The van der Waals surface area contributed by atoms with Crippen molar-refractivity contribution >= 4 is 23.6 Å². The van der Waals surface area contributed by atoms with Crippen molar-refractivity contribution in [1.29, 1.82) is 0 Å². The number of nitrogens with zero attached hydrogens (tertiary/aromatic N) is 1. The molecule has 35 heavy (non-hydrogen) atoms. The molecule has 1 aliphatic rings. The van der Waals surface area contributed by atoms with Crippen molar-refractivity contribution in [2.45, 2.75) is 25.8 Å². The minimum atomic E-state index is -0.511. The van der Waals surface area contributed by atoms with Crippen LogP contribution in [-0.2, 0) is 21.5 Å². The molecule has 0 bridgehead atoms. The van der Waals surface area contributed by atoms with Crippen LogP contribution in [0.15, 0.2) is 72.8 Å². The molecule has 4 rings (SSSR count). The van der Waals surface area contributed by atoms with Crippen molar-refractivity contribution < 1.29 is 18.7 Å². The number of carbonyl (C=O) groups is 2. The number of anilines is 1. The molecule has 0 spiro atoms. The molecule has 1 atom stereocenters. The van der Waals surface area contributed by atoms with E-state index in [4.69, 9.17) is 4.74 Å². The number of methoxy groups -OCH3 is 1. The Labute approximate surface area is 204 Å². The maximum Gasteiger partial charge on any atom is 0.262 e. The summed E-state index contributed by atoms with van der Waals surface area (Å²) in [5, 5.41) is 0. The number of rotatable bonds is 5. The van der Waals surface area contributed by atoms with Crippen molar-refractivity contribution in [1.82, 2.24) is 10.9 Å². The van der Waals surface area contributed by atoms with Crippen LogP contribution in [0.4, 0.5) is 10.1 Å². The van der Waals surface area contributed by atoms with E-state index in [1.807, 2.05) is 42.5 Å². The first-order valence-electron chi connectivity index (χ1n) is 11.4. The Morgan fingerprint density at radius 2 is 1.74 bits per heavy atom. The van der Waals surface area contributed by atoms with E-state index in [0.29, 0.717) is 0 Å². The minimum Gasteiger partial charge on any atom is -0.497 e. The quantitative estimate of drug-likeness (QED) is 0.427. The number of hydrogen-bond acceptors (Lipinski definition) is 4. The molecule has 0 aromatic heterocycles. The Balaban J connectivity index is 1.70. The Hall–Kier alpha value is -4.13. The molecule has 2 amide bonds. The van der Waals surface area contributed by atoms with Gasteiger partial charge in [0.25, 0.3) is 5.91 Å². The number of hydrazine groups is 1. The second-order valence-electron chi connectivity index (χ2n) is 8.60. The van der Waals surface area contributed by atoms with E-state index in [-0.39, 0.29) is 11.7 Å². The summed E-state index contributed by atoms with van der Waals surface area (Å²) in [7, 11) is 1.66. The Morgan fingerprint density at radius 1 is 1.03 bits per heavy atom. The number of halogens is 1. The van der Waals surface area contributed by atoms with E-state index in [2.05, 4.69) is 34.8 Å². The van der Waals surface area contributed by atoms with Crippen molar-refractivity contribution in [2.24, 2.45) is 0 Å². The summed E-state index contributed by atoms with van der Waals surface area (Å²) < 4.78 is 19.1. The molecule has 3 aromatic rings. The molecule has 7 heteroatoms. The Morgan fingerprint density at radius 3 is 2.40 bits per heavy atom. The summed E-state index contributed by atoms with van der Waals surface area (Å²) in [6, 6.07) is 20.7. The van der Waals surface area contributed by atoms with Gasteiger partial charge in [-0.15, -0.1) is 0 Å². The minimum absolute atomic E-state index is 0.267. The largest absolute Gasteiger partial charge is 0.497 e. The summed E-state index contributed by atoms with van der Waals surface area (Å²) in [5.41, 5.74) is 9.26. The van der Waals surface area contributed by atoms with E-state index in [0.717, 1.165) is 41.1 Å². The zero-order valence-electron chi connectivity index (χ0n) is 20.0. The third-order valence-corrected chi connectivity index (χ3v) is 6.38. The zero-order valence-corrected chi connectivity index (χ0v) is 20.0. The zero-order chi connectivity index (χ0) is 25.0. The maximum atomic E-state index is 13.7. The smallest absolute Gasteiger partial charge is 0.262 e. The van der Waals surface area contributed by atoms with Gasteiger partial charge < -0.3 is 9.64 Å². The molecule has 0 radical (unpaired) electrons. The van der Waals surface area contributed by atoms with Gasteiger partial charge in [-0.1, -0.05) is 30.3 Å². The van der Waals surface area contributed by atoms with Crippen LogP contribution in [0.1, 0.15) is 36.1 Å². The molecule has 0 saturated carbocycles. The monoisotopic (exact) mass is 473 g/mol. The first-order valence-corrected chi connectivity index (χ1v) is 11.4.